The van der Waals surface area contributed by atoms with Crippen molar-refractivity contribution in [3.05, 3.63) is 15.8 Å². The quantitative estimate of drug-likeness (QED) is 0.451. The standard InChI is InChI=1S/C11H20N4O2/c1-4-6-8-12-11-10(15(16)17)9(7-5-2)13-14(11)3/h12H,4-8H2,1-3H3. The second kappa shape index (κ2) is 6.22. The van der Waals surface area contributed by atoms with Gasteiger partial charge in [0.1, 0.15) is 5.69 Å². The topological polar surface area (TPSA) is 73.0 Å². The lowest BCUT2D eigenvalue weighted by Crippen LogP contribution is -2.07. The van der Waals surface area contributed by atoms with E-state index in [2.05, 4.69) is 17.3 Å². The summed E-state index contributed by atoms with van der Waals surface area (Å²) in [6.45, 7) is 4.81. The molecule has 17 heavy (non-hydrogen) atoms. The van der Waals surface area contributed by atoms with Gasteiger partial charge in [0.05, 0.1) is 4.92 Å². The number of rotatable bonds is 7. The molecule has 0 fully saturated rings. The zero-order chi connectivity index (χ0) is 12.8. The molecule has 6 heteroatoms. The van der Waals surface area contributed by atoms with Crippen LogP contribution in [0.1, 0.15) is 38.8 Å². The van der Waals surface area contributed by atoms with E-state index in [0.29, 0.717) is 17.9 Å². The van der Waals surface area contributed by atoms with Crippen LogP contribution in [-0.2, 0) is 13.5 Å². The maximum Gasteiger partial charge on any atom is 0.333 e. The summed E-state index contributed by atoms with van der Waals surface area (Å²) >= 11 is 0. The van der Waals surface area contributed by atoms with Crippen LogP contribution in [0.25, 0.3) is 0 Å². The molecule has 0 amide bonds. The molecule has 0 saturated carbocycles. The van der Waals surface area contributed by atoms with E-state index in [1.54, 1.807) is 11.7 Å². The van der Waals surface area contributed by atoms with Crippen molar-refractivity contribution in [1.82, 2.24) is 9.78 Å². The van der Waals surface area contributed by atoms with Gasteiger partial charge in [-0.2, -0.15) is 5.10 Å². The fraction of sp³-hybridized carbons (Fsp3) is 0.727. The number of aryl methyl sites for hydroxylation is 2. The molecule has 0 saturated heterocycles. The molecule has 0 atom stereocenters. The predicted molar refractivity (Wildman–Crippen MR) is 67.3 cm³/mol. The van der Waals surface area contributed by atoms with Crippen LogP contribution in [0, 0.1) is 10.1 Å². The third-order valence-electron chi connectivity index (χ3n) is 2.58. The van der Waals surface area contributed by atoms with Crippen LogP contribution in [0.15, 0.2) is 0 Å². The van der Waals surface area contributed by atoms with Crippen LogP contribution < -0.4 is 5.32 Å². The maximum absolute atomic E-state index is 11.1. The summed E-state index contributed by atoms with van der Waals surface area (Å²) in [5.41, 5.74) is 0.699. The van der Waals surface area contributed by atoms with E-state index < -0.39 is 0 Å². The van der Waals surface area contributed by atoms with Gasteiger partial charge in [0, 0.05) is 13.6 Å². The van der Waals surface area contributed by atoms with E-state index in [0.717, 1.165) is 25.8 Å². The Morgan fingerprint density at radius 1 is 1.41 bits per heavy atom. The Bertz CT molecular complexity index is 387. The van der Waals surface area contributed by atoms with Gasteiger partial charge in [-0.05, 0) is 12.8 Å². The van der Waals surface area contributed by atoms with Crippen molar-refractivity contribution in [1.29, 1.82) is 0 Å². The molecule has 1 rings (SSSR count). The molecule has 0 aliphatic carbocycles. The molecule has 0 spiro atoms. The van der Waals surface area contributed by atoms with Crippen molar-refractivity contribution in [3.8, 4) is 0 Å². The number of unbranched alkanes of at least 4 members (excludes halogenated alkanes) is 1. The minimum atomic E-state index is -0.341. The highest BCUT2D eigenvalue weighted by Gasteiger charge is 2.25. The summed E-state index contributed by atoms with van der Waals surface area (Å²) in [4.78, 5) is 10.7. The van der Waals surface area contributed by atoms with Crippen molar-refractivity contribution in [2.24, 2.45) is 7.05 Å². The summed E-state index contributed by atoms with van der Waals surface area (Å²) in [7, 11) is 1.74. The third kappa shape index (κ3) is 3.18. The Morgan fingerprint density at radius 2 is 2.12 bits per heavy atom. The van der Waals surface area contributed by atoms with Crippen LogP contribution in [0.5, 0.6) is 0 Å². The molecule has 0 bridgehead atoms. The molecule has 6 nitrogen and oxygen atoms in total. The largest absolute Gasteiger partial charge is 0.365 e. The average molecular weight is 240 g/mol. The van der Waals surface area contributed by atoms with E-state index in [1.165, 1.54) is 0 Å². The lowest BCUT2D eigenvalue weighted by Gasteiger charge is -2.04. The summed E-state index contributed by atoms with van der Waals surface area (Å²) in [6, 6.07) is 0. The Balaban J connectivity index is 2.96. The summed E-state index contributed by atoms with van der Waals surface area (Å²) < 4.78 is 1.57. The fourth-order valence-electron chi connectivity index (χ4n) is 1.75. The number of nitrogens with zero attached hydrogens (tertiary/aromatic N) is 3. The second-order valence-corrected chi connectivity index (χ2v) is 4.05. The minimum absolute atomic E-state index is 0.130. The van der Waals surface area contributed by atoms with Gasteiger partial charge in [0.15, 0.2) is 0 Å². The van der Waals surface area contributed by atoms with Gasteiger partial charge in [0.2, 0.25) is 5.82 Å². The second-order valence-electron chi connectivity index (χ2n) is 4.05. The van der Waals surface area contributed by atoms with Gasteiger partial charge in [-0.15, -0.1) is 0 Å². The fourth-order valence-corrected chi connectivity index (χ4v) is 1.75. The first-order valence-corrected chi connectivity index (χ1v) is 6.05. The van der Waals surface area contributed by atoms with E-state index in [4.69, 9.17) is 0 Å². The summed E-state index contributed by atoms with van der Waals surface area (Å²) in [6.07, 6.45) is 3.54. The lowest BCUT2D eigenvalue weighted by molar-refractivity contribution is -0.384. The number of hydrogen-bond donors (Lipinski definition) is 1. The van der Waals surface area contributed by atoms with Crippen molar-refractivity contribution in [2.75, 3.05) is 11.9 Å². The van der Waals surface area contributed by atoms with Gasteiger partial charge in [-0.1, -0.05) is 26.7 Å². The monoisotopic (exact) mass is 240 g/mol. The van der Waals surface area contributed by atoms with E-state index in [-0.39, 0.29) is 10.6 Å². The highest BCUT2D eigenvalue weighted by atomic mass is 16.6. The zero-order valence-electron chi connectivity index (χ0n) is 10.7. The molecule has 1 N–H and O–H groups in total. The minimum Gasteiger partial charge on any atom is -0.365 e. The first-order valence-electron chi connectivity index (χ1n) is 6.05. The third-order valence-corrected chi connectivity index (χ3v) is 2.58. The van der Waals surface area contributed by atoms with Crippen LogP contribution in [0.2, 0.25) is 0 Å². The van der Waals surface area contributed by atoms with Crippen LogP contribution in [0.3, 0.4) is 0 Å². The molecule has 0 aliphatic rings. The Hall–Kier alpha value is -1.59. The normalized spacial score (nSPS) is 10.5. The van der Waals surface area contributed by atoms with Crippen molar-refractivity contribution in [2.45, 2.75) is 39.5 Å². The number of nitrogens with one attached hydrogen (secondary N) is 1. The van der Waals surface area contributed by atoms with Gasteiger partial charge in [-0.3, -0.25) is 10.1 Å². The van der Waals surface area contributed by atoms with Crippen LogP contribution in [-0.4, -0.2) is 21.2 Å². The number of hydrogen-bond acceptors (Lipinski definition) is 4. The predicted octanol–water partition coefficient (Wildman–Crippen LogP) is 2.49. The molecule has 0 radical (unpaired) electrons. The van der Waals surface area contributed by atoms with E-state index in [9.17, 15) is 10.1 Å². The smallest absolute Gasteiger partial charge is 0.333 e. The Kier molecular flexibility index (Phi) is 4.93. The first-order chi connectivity index (χ1) is 8.11. The first kappa shape index (κ1) is 13.5. The molecular formula is C11H20N4O2. The average Bonchev–Trinajstić information content (AvgIpc) is 2.56. The molecule has 1 aromatic heterocycles. The Labute approximate surface area is 101 Å². The van der Waals surface area contributed by atoms with Gasteiger partial charge >= 0.3 is 5.69 Å². The van der Waals surface area contributed by atoms with Crippen molar-refractivity contribution in [3.63, 3.8) is 0 Å². The van der Waals surface area contributed by atoms with Crippen molar-refractivity contribution >= 4 is 11.5 Å². The molecule has 0 aliphatic heterocycles. The van der Waals surface area contributed by atoms with Crippen LogP contribution >= 0.6 is 0 Å². The molecule has 0 aromatic carbocycles. The molecular weight excluding hydrogens is 220 g/mol. The van der Waals surface area contributed by atoms with E-state index >= 15 is 0 Å². The SMILES string of the molecule is CCCCNc1c([N+](=O)[O-])c(CCC)nn1C. The maximum atomic E-state index is 11.1. The summed E-state index contributed by atoms with van der Waals surface area (Å²) in [5.74, 6) is 0.520. The lowest BCUT2D eigenvalue weighted by atomic mass is 10.2. The van der Waals surface area contributed by atoms with Crippen LogP contribution in [0.4, 0.5) is 11.5 Å². The number of anilines is 1. The van der Waals surface area contributed by atoms with Gasteiger partial charge in [-0.25, -0.2) is 4.68 Å². The highest BCUT2D eigenvalue weighted by Crippen LogP contribution is 2.28. The van der Waals surface area contributed by atoms with E-state index in [1.807, 2.05) is 6.92 Å². The summed E-state index contributed by atoms with van der Waals surface area (Å²) in [5, 5.41) is 18.4. The molecule has 1 heterocycles. The molecule has 96 valence electrons. The zero-order valence-corrected chi connectivity index (χ0v) is 10.7. The number of aromatic nitrogens is 2. The van der Waals surface area contributed by atoms with Gasteiger partial charge in [0.25, 0.3) is 0 Å². The molecule has 0 unspecified atom stereocenters. The molecule has 1 aromatic rings. The van der Waals surface area contributed by atoms with Crippen molar-refractivity contribution < 1.29 is 4.92 Å². The van der Waals surface area contributed by atoms with Gasteiger partial charge < -0.3 is 5.32 Å². The number of nitro groups is 1. The highest BCUT2D eigenvalue weighted by molar-refractivity contribution is 5.59. The Morgan fingerprint density at radius 3 is 2.65 bits per heavy atom.